The molecule has 0 heterocycles. The molecule has 1 aromatic carbocycles. The average molecular weight is 252 g/mol. The van der Waals surface area contributed by atoms with Crippen LogP contribution in [0.4, 0.5) is 11.4 Å². The molecule has 0 bridgehead atoms. The molecule has 4 N–H and O–H groups in total. The normalized spacial score (nSPS) is 11.3. The predicted octanol–water partition coefficient (Wildman–Crippen LogP) is 2.63. The van der Waals surface area contributed by atoms with Gasteiger partial charge in [0.05, 0.1) is 30.1 Å². The number of hydrogen-bond acceptors (Lipinski definition) is 4. The second kappa shape index (κ2) is 6.50. The van der Waals surface area contributed by atoms with Crippen molar-refractivity contribution in [2.45, 2.75) is 39.2 Å². The Morgan fingerprint density at radius 3 is 2.44 bits per heavy atom. The Kier molecular flexibility index (Phi) is 5.28. The Hall–Kier alpha value is -1.42. The van der Waals surface area contributed by atoms with Gasteiger partial charge in [-0.3, -0.25) is 0 Å². The number of benzene rings is 1. The fraction of sp³-hybridized carbons (Fsp3) is 0.571. The van der Waals surface area contributed by atoms with Gasteiger partial charge in [-0.05, 0) is 31.9 Å². The van der Waals surface area contributed by atoms with E-state index >= 15 is 0 Å². The van der Waals surface area contributed by atoms with Crippen molar-refractivity contribution < 1.29 is 9.84 Å². The van der Waals surface area contributed by atoms with Gasteiger partial charge in [0.25, 0.3) is 0 Å². The van der Waals surface area contributed by atoms with Crippen LogP contribution >= 0.6 is 0 Å². The maximum absolute atomic E-state index is 9.57. The molecule has 0 amide bonds. The summed E-state index contributed by atoms with van der Waals surface area (Å²) in [5.74, 6) is 0.682. The minimum absolute atomic E-state index is 0.0816. The van der Waals surface area contributed by atoms with Crippen LogP contribution in [0.2, 0.25) is 0 Å². The molecule has 0 unspecified atom stereocenters. The summed E-state index contributed by atoms with van der Waals surface area (Å²) < 4.78 is 5.47. The van der Waals surface area contributed by atoms with Gasteiger partial charge in [0.2, 0.25) is 0 Å². The lowest BCUT2D eigenvalue weighted by atomic mass is 9.93. The van der Waals surface area contributed by atoms with E-state index in [1.807, 2.05) is 25.1 Å². The summed E-state index contributed by atoms with van der Waals surface area (Å²) in [6.07, 6.45) is 1.66. The topological polar surface area (TPSA) is 67.5 Å². The first kappa shape index (κ1) is 14.6. The Balaban J connectivity index is 2.99. The lowest BCUT2D eigenvalue weighted by Crippen LogP contribution is -2.41. The fourth-order valence-electron chi connectivity index (χ4n) is 1.91. The van der Waals surface area contributed by atoms with Gasteiger partial charge in [0, 0.05) is 0 Å². The van der Waals surface area contributed by atoms with Crippen LogP contribution in [0.1, 0.15) is 33.6 Å². The third-order valence-electron chi connectivity index (χ3n) is 3.42. The number of rotatable bonds is 7. The maximum atomic E-state index is 9.57. The third kappa shape index (κ3) is 3.07. The smallest absolute Gasteiger partial charge is 0.144 e. The molecular formula is C14H24N2O2. The zero-order valence-electron chi connectivity index (χ0n) is 11.5. The van der Waals surface area contributed by atoms with E-state index in [-0.39, 0.29) is 12.1 Å². The minimum atomic E-state index is -0.320. The number of nitrogens with one attached hydrogen (secondary N) is 1. The number of para-hydroxylation sites is 1. The highest BCUT2D eigenvalue weighted by Crippen LogP contribution is 2.32. The number of nitrogens with two attached hydrogens (primary N) is 1. The Morgan fingerprint density at radius 2 is 1.94 bits per heavy atom. The monoisotopic (exact) mass is 252 g/mol. The minimum Gasteiger partial charge on any atom is -0.492 e. The van der Waals surface area contributed by atoms with Crippen molar-refractivity contribution in [2.75, 3.05) is 24.3 Å². The molecule has 0 aliphatic carbocycles. The van der Waals surface area contributed by atoms with Crippen molar-refractivity contribution in [3.63, 3.8) is 0 Å². The Labute approximate surface area is 109 Å². The van der Waals surface area contributed by atoms with Crippen LogP contribution in [-0.4, -0.2) is 23.9 Å². The molecule has 1 rings (SSSR count). The van der Waals surface area contributed by atoms with E-state index in [0.29, 0.717) is 18.0 Å². The molecular weight excluding hydrogens is 228 g/mol. The quantitative estimate of drug-likeness (QED) is 0.653. The van der Waals surface area contributed by atoms with Gasteiger partial charge in [-0.25, -0.2) is 0 Å². The van der Waals surface area contributed by atoms with Gasteiger partial charge in [-0.1, -0.05) is 19.9 Å². The van der Waals surface area contributed by atoms with E-state index in [4.69, 9.17) is 10.5 Å². The second-order valence-corrected chi connectivity index (χ2v) is 4.42. The summed E-state index contributed by atoms with van der Waals surface area (Å²) in [4.78, 5) is 0. The summed E-state index contributed by atoms with van der Waals surface area (Å²) in [6, 6.07) is 5.66. The fourth-order valence-corrected chi connectivity index (χ4v) is 1.91. The summed E-state index contributed by atoms with van der Waals surface area (Å²) in [7, 11) is 0. The number of aliphatic hydroxyl groups excluding tert-OH is 1. The molecule has 0 aliphatic heterocycles. The first-order valence-electron chi connectivity index (χ1n) is 6.52. The number of nitrogen functional groups attached to an aromatic ring is 1. The highest BCUT2D eigenvalue weighted by atomic mass is 16.5. The van der Waals surface area contributed by atoms with Crippen LogP contribution < -0.4 is 15.8 Å². The van der Waals surface area contributed by atoms with Gasteiger partial charge < -0.3 is 20.9 Å². The molecule has 102 valence electrons. The van der Waals surface area contributed by atoms with Crippen LogP contribution in [-0.2, 0) is 0 Å². The van der Waals surface area contributed by atoms with E-state index in [9.17, 15) is 5.11 Å². The van der Waals surface area contributed by atoms with E-state index in [2.05, 4.69) is 19.2 Å². The largest absolute Gasteiger partial charge is 0.492 e. The van der Waals surface area contributed by atoms with Crippen molar-refractivity contribution >= 4 is 11.4 Å². The highest BCUT2D eigenvalue weighted by Gasteiger charge is 2.25. The molecule has 4 heteroatoms. The van der Waals surface area contributed by atoms with Crippen LogP contribution in [0.25, 0.3) is 0 Å². The zero-order chi connectivity index (χ0) is 13.6. The molecule has 0 radical (unpaired) electrons. The summed E-state index contributed by atoms with van der Waals surface area (Å²) in [5, 5.41) is 12.9. The molecule has 0 aromatic heterocycles. The van der Waals surface area contributed by atoms with E-state index in [1.165, 1.54) is 0 Å². The summed E-state index contributed by atoms with van der Waals surface area (Å²) >= 11 is 0. The van der Waals surface area contributed by atoms with Gasteiger partial charge in [-0.2, -0.15) is 0 Å². The maximum Gasteiger partial charge on any atom is 0.144 e. The molecule has 18 heavy (non-hydrogen) atoms. The third-order valence-corrected chi connectivity index (χ3v) is 3.42. The first-order chi connectivity index (χ1) is 8.62. The Morgan fingerprint density at radius 1 is 1.28 bits per heavy atom. The van der Waals surface area contributed by atoms with Crippen molar-refractivity contribution in [1.29, 1.82) is 0 Å². The van der Waals surface area contributed by atoms with Gasteiger partial charge in [-0.15, -0.1) is 0 Å². The van der Waals surface area contributed by atoms with Crippen LogP contribution in [0.5, 0.6) is 5.75 Å². The van der Waals surface area contributed by atoms with Crippen LogP contribution in [0.3, 0.4) is 0 Å². The highest BCUT2D eigenvalue weighted by molar-refractivity contribution is 5.73. The molecule has 0 spiro atoms. The van der Waals surface area contributed by atoms with Gasteiger partial charge in [0.1, 0.15) is 5.75 Å². The van der Waals surface area contributed by atoms with E-state index in [0.717, 1.165) is 18.5 Å². The van der Waals surface area contributed by atoms with Crippen LogP contribution in [0.15, 0.2) is 18.2 Å². The van der Waals surface area contributed by atoms with Gasteiger partial charge >= 0.3 is 0 Å². The van der Waals surface area contributed by atoms with Gasteiger partial charge in [0.15, 0.2) is 0 Å². The molecule has 0 saturated heterocycles. The summed E-state index contributed by atoms with van der Waals surface area (Å²) in [6.45, 7) is 6.69. The molecule has 4 nitrogen and oxygen atoms in total. The van der Waals surface area contributed by atoms with Crippen molar-refractivity contribution in [2.24, 2.45) is 0 Å². The molecule has 0 aliphatic rings. The van der Waals surface area contributed by atoms with Crippen LogP contribution in [0, 0.1) is 0 Å². The molecule has 1 aromatic rings. The second-order valence-electron chi connectivity index (χ2n) is 4.42. The molecule has 0 saturated carbocycles. The van der Waals surface area contributed by atoms with Crippen molar-refractivity contribution in [3.05, 3.63) is 18.2 Å². The van der Waals surface area contributed by atoms with E-state index in [1.54, 1.807) is 0 Å². The average Bonchev–Trinajstić information content (AvgIpc) is 2.41. The Bertz CT molecular complexity index is 368. The van der Waals surface area contributed by atoms with Crippen molar-refractivity contribution in [1.82, 2.24) is 0 Å². The molecule has 0 atom stereocenters. The SMILES string of the molecule is CCOc1cccc(NC(CC)(CC)CO)c1N. The van der Waals surface area contributed by atoms with E-state index < -0.39 is 0 Å². The zero-order valence-corrected chi connectivity index (χ0v) is 11.5. The lowest BCUT2D eigenvalue weighted by molar-refractivity contribution is 0.202. The number of anilines is 2. The first-order valence-corrected chi connectivity index (χ1v) is 6.52. The summed E-state index contributed by atoms with van der Waals surface area (Å²) in [5.41, 5.74) is 7.17. The number of ether oxygens (including phenoxy) is 1. The van der Waals surface area contributed by atoms with Crippen molar-refractivity contribution in [3.8, 4) is 5.75 Å². The number of aliphatic hydroxyl groups is 1. The predicted molar refractivity (Wildman–Crippen MR) is 76.0 cm³/mol. The lowest BCUT2D eigenvalue weighted by Gasteiger charge is -2.32. The molecule has 0 fully saturated rings. The standard InChI is InChI=1S/C14H24N2O2/c1-4-14(5-2,10-17)16-11-8-7-9-12(13(11)15)18-6-3/h7-9,16-17H,4-6,10,15H2,1-3H3. The number of hydrogen-bond donors (Lipinski definition) is 3.